The largest absolute Gasteiger partial charge is 0.394 e. The lowest BCUT2D eigenvalue weighted by Gasteiger charge is -2.27. The van der Waals surface area contributed by atoms with Gasteiger partial charge in [0.1, 0.15) is 0 Å². The molecule has 0 heterocycles. The van der Waals surface area contributed by atoms with E-state index in [1.54, 1.807) is 0 Å². The first-order chi connectivity index (χ1) is 8.49. The van der Waals surface area contributed by atoms with Crippen molar-refractivity contribution in [2.75, 3.05) is 12.4 Å². The molecule has 1 unspecified atom stereocenters. The Morgan fingerprint density at radius 2 is 2.00 bits per heavy atom. The molecule has 18 heavy (non-hydrogen) atoms. The van der Waals surface area contributed by atoms with Gasteiger partial charge in [-0.15, -0.1) is 11.8 Å². The lowest BCUT2D eigenvalue weighted by molar-refractivity contribution is -0.120. The average molecular weight is 267 g/mol. The fraction of sp³-hybridized carbons (Fsp3) is 0.500. The second-order valence-electron chi connectivity index (χ2n) is 4.72. The van der Waals surface area contributed by atoms with Gasteiger partial charge in [0.2, 0.25) is 5.91 Å². The highest BCUT2D eigenvalue weighted by Crippen LogP contribution is 2.18. The van der Waals surface area contributed by atoms with Crippen molar-refractivity contribution < 1.29 is 9.90 Å². The van der Waals surface area contributed by atoms with Crippen molar-refractivity contribution in [3.63, 3.8) is 0 Å². The first-order valence-electron chi connectivity index (χ1n) is 6.10. The van der Waals surface area contributed by atoms with E-state index in [9.17, 15) is 9.90 Å². The predicted molar refractivity (Wildman–Crippen MR) is 75.8 cm³/mol. The average Bonchev–Trinajstić information content (AvgIpc) is 2.38. The Kier molecular flexibility index (Phi) is 5.69. The molecule has 0 aliphatic carbocycles. The third kappa shape index (κ3) is 4.70. The normalized spacial score (nSPS) is 14.0. The van der Waals surface area contributed by atoms with Crippen molar-refractivity contribution in [1.82, 2.24) is 5.32 Å². The molecule has 1 amide bonds. The van der Waals surface area contributed by atoms with E-state index in [2.05, 4.69) is 5.32 Å². The number of thioether (sulfide) groups is 1. The molecule has 0 saturated carbocycles. The number of carbonyl (C=O) groups is 1. The molecule has 0 radical (unpaired) electrons. The van der Waals surface area contributed by atoms with Crippen LogP contribution in [-0.2, 0) is 4.79 Å². The van der Waals surface area contributed by atoms with E-state index in [-0.39, 0.29) is 12.5 Å². The van der Waals surface area contributed by atoms with Gasteiger partial charge in [0.25, 0.3) is 0 Å². The highest BCUT2D eigenvalue weighted by atomic mass is 32.2. The minimum absolute atomic E-state index is 0.0373. The summed E-state index contributed by atoms with van der Waals surface area (Å²) < 4.78 is 0. The van der Waals surface area contributed by atoms with E-state index in [1.165, 1.54) is 17.3 Å². The summed E-state index contributed by atoms with van der Waals surface area (Å²) in [4.78, 5) is 12.9. The van der Waals surface area contributed by atoms with Crippen molar-refractivity contribution in [3.05, 3.63) is 29.8 Å². The third-order valence-corrected chi connectivity index (χ3v) is 3.97. The Morgan fingerprint density at radius 3 is 2.50 bits per heavy atom. The third-order valence-electron chi connectivity index (χ3n) is 2.96. The summed E-state index contributed by atoms with van der Waals surface area (Å²) in [6, 6.07) is 8.09. The predicted octanol–water partition coefficient (Wildman–Crippen LogP) is 2.36. The zero-order chi connectivity index (χ0) is 13.6. The number of aliphatic hydroxyl groups is 1. The number of aryl methyl sites for hydroxylation is 1. The highest BCUT2D eigenvalue weighted by molar-refractivity contribution is 8.00. The van der Waals surface area contributed by atoms with Crippen LogP contribution in [-0.4, -0.2) is 28.9 Å². The molecule has 1 aromatic rings. The number of amides is 1. The van der Waals surface area contributed by atoms with Gasteiger partial charge >= 0.3 is 0 Å². The van der Waals surface area contributed by atoms with Crippen molar-refractivity contribution in [3.8, 4) is 0 Å². The molecular weight excluding hydrogens is 246 g/mol. The van der Waals surface area contributed by atoms with Crippen molar-refractivity contribution in [2.45, 2.75) is 37.6 Å². The maximum atomic E-state index is 11.8. The molecule has 0 saturated heterocycles. The van der Waals surface area contributed by atoms with Gasteiger partial charge in [-0.1, -0.05) is 24.6 Å². The molecule has 0 aliphatic rings. The molecule has 1 rings (SSSR count). The maximum Gasteiger partial charge on any atom is 0.230 e. The second kappa shape index (κ2) is 6.81. The summed E-state index contributed by atoms with van der Waals surface area (Å²) in [6.07, 6.45) is 0.713. The molecular formula is C14H21NO2S. The fourth-order valence-electron chi connectivity index (χ4n) is 1.40. The monoisotopic (exact) mass is 267 g/mol. The summed E-state index contributed by atoms with van der Waals surface area (Å²) in [5, 5.41) is 12.1. The Labute approximate surface area is 113 Å². The van der Waals surface area contributed by atoms with Crippen LogP contribution in [0.1, 0.15) is 25.8 Å². The zero-order valence-electron chi connectivity index (χ0n) is 11.2. The number of rotatable bonds is 6. The minimum atomic E-state index is -0.509. The van der Waals surface area contributed by atoms with Gasteiger partial charge in [-0.25, -0.2) is 0 Å². The molecule has 0 spiro atoms. The summed E-state index contributed by atoms with van der Waals surface area (Å²) >= 11 is 1.51. The molecule has 2 N–H and O–H groups in total. The van der Waals surface area contributed by atoms with Gasteiger partial charge in [0, 0.05) is 4.90 Å². The fourth-order valence-corrected chi connectivity index (χ4v) is 2.09. The van der Waals surface area contributed by atoms with Crippen molar-refractivity contribution >= 4 is 17.7 Å². The summed E-state index contributed by atoms with van der Waals surface area (Å²) in [6.45, 7) is 5.80. The van der Waals surface area contributed by atoms with E-state index in [1.807, 2.05) is 45.0 Å². The molecule has 1 aromatic carbocycles. The molecule has 100 valence electrons. The van der Waals surface area contributed by atoms with E-state index in [0.717, 1.165) is 4.90 Å². The summed E-state index contributed by atoms with van der Waals surface area (Å²) in [5.74, 6) is 0.331. The topological polar surface area (TPSA) is 49.3 Å². The second-order valence-corrected chi connectivity index (χ2v) is 5.77. The zero-order valence-corrected chi connectivity index (χ0v) is 12.0. The summed E-state index contributed by atoms with van der Waals surface area (Å²) in [7, 11) is 0. The smallest absolute Gasteiger partial charge is 0.230 e. The van der Waals surface area contributed by atoms with Gasteiger partial charge in [-0.05, 0) is 32.4 Å². The van der Waals surface area contributed by atoms with Crippen LogP contribution in [0.4, 0.5) is 0 Å². The van der Waals surface area contributed by atoms with E-state index in [4.69, 9.17) is 0 Å². The van der Waals surface area contributed by atoms with E-state index >= 15 is 0 Å². The quantitative estimate of drug-likeness (QED) is 0.778. The van der Waals surface area contributed by atoms with Gasteiger partial charge < -0.3 is 10.4 Å². The number of nitrogens with one attached hydrogen (secondary N) is 1. The van der Waals surface area contributed by atoms with Gasteiger partial charge in [0.15, 0.2) is 0 Å². The molecule has 4 heteroatoms. The first-order valence-corrected chi connectivity index (χ1v) is 7.09. The molecule has 3 nitrogen and oxygen atoms in total. The standard InChI is InChI=1S/C14H21NO2S/c1-4-14(3,10-16)15-13(17)9-18-12-7-5-11(2)6-8-12/h5-8,16H,4,9-10H2,1-3H3,(H,15,17). The van der Waals surface area contributed by atoms with Crippen LogP contribution >= 0.6 is 11.8 Å². The minimum Gasteiger partial charge on any atom is -0.394 e. The maximum absolute atomic E-state index is 11.8. The Balaban J connectivity index is 2.44. The Morgan fingerprint density at radius 1 is 1.39 bits per heavy atom. The number of carbonyl (C=O) groups excluding carboxylic acids is 1. The number of aliphatic hydroxyl groups excluding tert-OH is 1. The lowest BCUT2D eigenvalue weighted by Crippen LogP contribution is -2.49. The van der Waals surface area contributed by atoms with E-state index in [0.29, 0.717) is 12.2 Å². The number of hydrogen-bond donors (Lipinski definition) is 2. The van der Waals surface area contributed by atoms with Crippen LogP contribution in [0.3, 0.4) is 0 Å². The van der Waals surface area contributed by atoms with Crippen LogP contribution < -0.4 is 5.32 Å². The molecule has 0 bridgehead atoms. The Bertz CT molecular complexity index is 385. The number of benzene rings is 1. The van der Waals surface area contributed by atoms with Crippen molar-refractivity contribution in [2.24, 2.45) is 0 Å². The summed E-state index contributed by atoms with van der Waals surface area (Å²) in [5.41, 5.74) is 0.702. The van der Waals surface area contributed by atoms with Crippen LogP contribution in [0.25, 0.3) is 0 Å². The molecule has 0 fully saturated rings. The number of hydrogen-bond acceptors (Lipinski definition) is 3. The van der Waals surface area contributed by atoms with Crippen LogP contribution in [0, 0.1) is 6.92 Å². The molecule has 0 aromatic heterocycles. The van der Waals surface area contributed by atoms with Crippen molar-refractivity contribution in [1.29, 1.82) is 0 Å². The van der Waals surface area contributed by atoms with Crippen LogP contribution in [0.5, 0.6) is 0 Å². The van der Waals surface area contributed by atoms with Crippen LogP contribution in [0.2, 0.25) is 0 Å². The highest BCUT2D eigenvalue weighted by Gasteiger charge is 2.22. The van der Waals surface area contributed by atoms with Gasteiger partial charge in [0.05, 0.1) is 17.9 Å². The molecule has 1 atom stereocenters. The Hall–Kier alpha value is -1.00. The van der Waals surface area contributed by atoms with Gasteiger partial charge in [-0.2, -0.15) is 0 Å². The van der Waals surface area contributed by atoms with Gasteiger partial charge in [-0.3, -0.25) is 4.79 Å². The lowest BCUT2D eigenvalue weighted by atomic mass is 10.0. The molecule has 0 aliphatic heterocycles. The SMILES string of the molecule is CCC(C)(CO)NC(=O)CSc1ccc(C)cc1. The van der Waals surface area contributed by atoms with Crippen LogP contribution in [0.15, 0.2) is 29.2 Å². The first kappa shape index (κ1) is 15.1. The van der Waals surface area contributed by atoms with E-state index < -0.39 is 5.54 Å².